The van der Waals surface area contributed by atoms with E-state index in [0.29, 0.717) is 16.6 Å². The van der Waals surface area contributed by atoms with Gasteiger partial charge in [0.25, 0.3) is 5.91 Å². The fourth-order valence-corrected chi connectivity index (χ4v) is 3.63. The number of benzene rings is 2. The zero-order chi connectivity index (χ0) is 22.1. The van der Waals surface area contributed by atoms with Gasteiger partial charge in [-0.1, -0.05) is 63.6 Å². The Morgan fingerprint density at radius 1 is 1.00 bits per heavy atom. The predicted molar refractivity (Wildman–Crippen MR) is 123 cm³/mol. The summed E-state index contributed by atoms with van der Waals surface area (Å²) >= 11 is 0. The van der Waals surface area contributed by atoms with Gasteiger partial charge in [-0.15, -0.1) is 0 Å². The molecule has 0 saturated heterocycles. The van der Waals surface area contributed by atoms with E-state index in [-0.39, 0.29) is 22.7 Å². The van der Waals surface area contributed by atoms with Crippen molar-refractivity contribution in [3.63, 3.8) is 0 Å². The smallest absolute Gasteiger partial charge is 0.255 e. The molecule has 0 atom stereocenters. The van der Waals surface area contributed by atoms with E-state index in [1.54, 1.807) is 18.2 Å². The highest BCUT2D eigenvalue weighted by molar-refractivity contribution is 6.07. The van der Waals surface area contributed by atoms with Gasteiger partial charge in [0.1, 0.15) is 6.07 Å². The third kappa shape index (κ3) is 6.05. The number of aryl methyl sites for hydroxylation is 1. The van der Waals surface area contributed by atoms with Gasteiger partial charge in [-0.3, -0.25) is 9.59 Å². The topological polar surface area (TPSA) is 83.1 Å². The molecule has 3 aromatic rings. The summed E-state index contributed by atoms with van der Waals surface area (Å²) in [4.78, 5) is 24.9. The summed E-state index contributed by atoms with van der Waals surface area (Å²) in [5, 5.41) is 12.2. The Bertz CT molecular complexity index is 1120. The standard InChI is InChI=1S/C26H28N2O3/c1-2-3-4-5-6-7-8-10-19-13-15-20(16-14-19)26(30)28-23-12-9-11-22-24(29)17-21(18-27)31-25(22)23/h9,11-17H,2-8,10H2,1H3,(H,28,30). The van der Waals surface area contributed by atoms with Gasteiger partial charge in [-0.2, -0.15) is 5.26 Å². The quantitative estimate of drug-likeness (QED) is 0.398. The minimum atomic E-state index is -0.316. The second-order valence-electron chi connectivity index (χ2n) is 7.79. The van der Waals surface area contributed by atoms with Crippen molar-refractivity contribution in [1.29, 1.82) is 5.26 Å². The lowest BCUT2D eigenvalue weighted by Gasteiger charge is -2.09. The number of anilines is 1. The molecule has 0 aliphatic carbocycles. The van der Waals surface area contributed by atoms with Crippen LogP contribution in [0.25, 0.3) is 11.0 Å². The minimum absolute atomic E-state index is 0.0890. The molecular weight excluding hydrogens is 388 g/mol. The number of rotatable bonds is 10. The number of unbranched alkanes of at least 4 members (excludes halogenated alkanes) is 6. The lowest BCUT2D eigenvalue weighted by molar-refractivity contribution is 0.102. The number of nitrogens with zero attached hydrogens (tertiary/aromatic N) is 1. The first-order valence-corrected chi connectivity index (χ1v) is 11.0. The van der Waals surface area contributed by atoms with Crippen LogP contribution < -0.4 is 10.7 Å². The SMILES string of the molecule is CCCCCCCCCc1ccc(C(=O)Nc2cccc3c(=O)cc(C#N)oc23)cc1. The third-order valence-corrected chi connectivity index (χ3v) is 5.40. The van der Waals surface area contributed by atoms with Crippen LogP contribution >= 0.6 is 0 Å². The van der Waals surface area contributed by atoms with Crippen LogP contribution in [-0.4, -0.2) is 5.91 Å². The first-order valence-electron chi connectivity index (χ1n) is 11.0. The van der Waals surface area contributed by atoms with E-state index in [0.717, 1.165) is 18.9 Å². The van der Waals surface area contributed by atoms with E-state index in [9.17, 15) is 9.59 Å². The average Bonchev–Trinajstić information content (AvgIpc) is 2.79. The highest BCUT2D eigenvalue weighted by Gasteiger charge is 2.12. The molecule has 1 heterocycles. The molecule has 5 heteroatoms. The molecule has 0 saturated carbocycles. The summed E-state index contributed by atoms with van der Waals surface area (Å²) in [7, 11) is 0. The van der Waals surface area contributed by atoms with Crippen LogP contribution in [0.5, 0.6) is 0 Å². The Kier molecular flexibility index (Phi) is 8.00. The maximum Gasteiger partial charge on any atom is 0.255 e. The normalized spacial score (nSPS) is 10.7. The summed E-state index contributed by atoms with van der Waals surface area (Å²) in [6.07, 6.45) is 9.95. The maximum absolute atomic E-state index is 12.7. The molecule has 5 nitrogen and oxygen atoms in total. The van der Waals surface area contributed by atoms with Crippen molar-refractivity contribution >= 4 is 22.6 Å². The van der Waals surface area contributed by atoms with Crippen LogP contribution in [0.4, 0.5) is 5.69 Å². The van der Waals surface area contributed by atoms with Gasteiger partial charge in [-0.25, -0.2) is 0 Å². The van der Waals surface area contributed by atoms with Crippen molar-refractivity contribution in [2.24, 2.45) is 0 Å². The number of nitrogens with one attached hydrogen (secondary N) is 1. The monoisotopic (exact) mass is 416 g/mol. The van der Waals surface area contributed by atoms with E-state index in [1.807, 2.05) is 30.3 Å². The summed E-state index contributed by atoms with van der Waals surface area (Å²) in [6, 6.07) is 15.5. The highest BCUT2D eigenvalue weighted by atomic mass is 16.3. The molecule has 0 spiro atoms. The van der Waals surface area contributed by atoms with Crippen LogP contribution in [0.1, 0.15) is 73.6 Å². The van der Waals surface area contributed by atoms with Crippen molar-refractivity contribution in [3.05, 3.63) is 75.6 Å². The first-order chi connectivity index (χ1) is 15.1. The van der Waals surface area contributed by atoms with Crippen molar-refractivity contribution in [2.75, 3.05) is 5.32 Å². The fourth-order valence-electron chi connectivity index (χ4n) is 3.63. The Morgan fingerprint density at radius 2 is 1.71 bits per heavy atom. The van der Waals surface area contributed by atoms with Crippen LogP contribution in [0, 0.1) is 11.3 Å². The molecule has 1 N–H and O–H groups in total. The number of nitriles is 1. The van der Waals surface area contributed by atoms with E-state index >= 15 is 0 Å². The average molecular weight is 417 g/mol. The van der Waals surface area contributed by atoms with E-state index < -0.39 is 0 Å². The minimum Gasteiger partial charge on any atom is -0.443 e. The largest absolute Gasteiger partial charge is 0.443 e. The number of hydrogen-bond acceptors (Lipinski definition) is 4. The lowest BCUT2D eigenvalue weighted by atomic mass is 10.0. The molecule has 31 heavy (non-hydrogen) atoms. The van der Waals surface area contributed by atoms with Gasteiger partial charge < -0.3 is 9.73 Å². The Labute approximate surface area is 182 Å². The van der Waals surface area contributed by atoms with Crippen molar-refractivity contribution in [1.82, 2.24) is 0 Å². The van der Waals surface area contributed by atoms with Crippen LogP contribution in [0.3, 0.4) is 0 Å². The molecule has 2 aromatic carbocycles. The highest BCUT2D eigenvalue weighted by Crippen LogP contribution is 2.23. The molecule has 0 aliphatic rings. The summed E-state index contributed by atoms with van der Waals surface area (Å²) in [6.45, 7) is 2.23. The number of para-hydroxylation sites is 1. The molecule has 1 amide bonds. The number of carbonyl (C=O) groups is 1. The van der Waals surface area contributed by atoms with Gasteiger partial charge in [0.2, 0.25) is 5.76 Å². The van der Waals surface area contributed by atoms with E-state index in [2.05, 4.69) is 12.2 Å². The molecule has 0 unspecified atom stereocenters. The number of fused-ring (bicyclic) bond motifs is 1. The Morgan fingerprint density at radius 3 is 2.42 bits per heavy atom. The molecule has 0 bridgehead atoms. The lowest BCUT2D eigenvalue weighted by Crippen LogP contribution is -2.13. The number of carbonyl (C=O) groups excluding carboxylic acids is 1. The Hall–Kier alpha value is -3.39. The molecule has 0 aliphatic heterocycles. The van der Waals surface area contributed by atoms with Crippen LogP contribution in [0.15, 0.2) is 57.7 Å². The van der Waals surface area contributed by atoms with Crippen molar-refractivity contribution in [3.8, 4) is 6.07 Å². The first kappa shape index (κ1) is 22.3. The van der Waals surface area contributed by atoms with Gasteiger partial charge in [-0.05, 0) is 42.7 Å². The van der Waals surface area contributed by atoms with Crippen molar-refractivity contribution < 1.29 is 9.21 Å². The summed E-state index contributed by atoms with van der Waals surface area (Å²) in [5.74, 6) is -0.381. The van der Waals surface area contributed by atoms with Crippen molar-refractivity contribution in [2.45, 2.75) is 58.3 Å². The zero-order valence-electron chi connectivity index (χ0n) is 17.9. The molecule has 0 radical (unpaired) electrons. The molecular formula is C26H28N2O3. The third-order valence-electron chi connectivity index (χ3n) is 5.40. The van der Waals surface area contributed by atoms with Crippen LogP contribution in [0.2, 0.25) is 0 Å². The van der Waals surface area contributed by atoms with Gasteiger partial charge in [0.15, 0.2) is 11.0 Å². The van der Waals surface area contributed by atoms with E-state index in [4.69, 9.17) is 9.68 Å². The van der Waals surface area contributed by atoms with Gasteiger partial charge >= 0.3 is 0 Å². The second kappa shape index (κ2) is 11.1. The number of hydrogen-bond donors (Lipinski definition) is 1. The molecule has 0 fully saturated rings. The molecule has 1 aromatic heterocycles. The predicted octanol–water partition coefficient (Wildman–Crippen LogP) is 6.21. The second-order valence-corrected chi connectivity index (χ2v) is 7.79. The number of amides is 1. The molecule has 3 rings (SSSR count). The summed E-state index contributed by atoms with van der Waals surface area (Å²) < 4.78 is 5.49. The molecule has 160 valence electrons. The summed E-state index contributed by atoms with van der Waals surface area (Å²) in [5.41, 5.74) is 2.00. The maximum atomic E-state index is 12.7. The zero-order valence-corrected chi connectivity index (χ0v) is 17.9. The fraction of sp³-hybridized carbons (Fsp3) is 0.346. The van der Waals surface area contributed by atoms with Gasteiger partial charge in [0, 0.05) is 11.6 Å². The van der Waals surface area contributed by atoms with Crippen LogP contribution in [-0.2, 0) is 6.42 Å². The Balaban J connectivity index is 1.61. The van der Waals surface area contributed by atoms with Gasteiger partial charge in [0.05, 0.1) is 11.1 Å². The van der Waals surface area contributed by atoms with E-state index in [1.165, 1.54) is 44.1 Å².